The summed E-state index contributed by atoms with van der Waals surface area (Å²) >= 11 is 0. The van der Waals surface area contributed by atoms with E-state index in [4.69, 9.17) is 0 Å². The lowest BCUT2D eigenvalue weighted by atomic mass is 10.1. The van der Waals surface area contributed by atoms with Crippen LogP contribution in [0.2, 0.25) is 0 Å². The molecule has 0 fully saturated rings. The van der Waals surface area contributed by atoms with E-state index in [0.29, 0.717) is 0 Å². The summed E-state index contributed by atoms with van der Waals surface area (Å²) in [5, 5.41) is 1.20. The lowest BCUT2D eigenvalue weighted by Gasteiger charge is -2.22. The molecule has 1 aromatic rings. The van der Waals surface area contributed by atoms with Crippen LogP contribution in [0.1, 0.15) is 35.8 Å². The molecule has 0 aliphatic carbocycles. The molecule has 0 bridgehead atoms. The Kier molecular flexibility index (Phi) is 6.11. The smallest absolute Gasteiger partial charge is 0.256 e. The number of fused-ring (bicyclic) bond motifs is 1. The summed E-state index contributed by atoms with van der Waals surface area (Å²) in [5.74, 6) is 0.190. The highest BCUT2D eigenvalue weighted by Gasteiger charge is 2.26. The Labute approximate surface area is 122 Å². The van der Waals surface area contributed by atoms with Gasteiger partial charge in [0.05, 0.1) is 11.3 Å². The van der Waals surface area contributed by atoms with Crippen LogP contribution in [0.4, 0.5) is 0 Å². The third-order valence-corrected chi connectivity index (χ3v) is 13.3. The minimum atomic E-state index is -0.335. The number of carbonyl (C=O) groups excluding carboxylic acids is 1. The van der Waals surface area contributed by atoms with Gasteiger partial charge in [-0.1, -0.05) is 14.9 Å². The van der Waals surface area contributed by atoms with E-state index in [9.17, 15) is 4.79 Å². The standard InChI is InChI=1S/C12H20N2OP4/c1-2-7-14-8-3-4-9-11(12(14)15)10(5-6-13-9)19(17)18-16/h5-6,18H,2-4,7-8,16-17H2,1H3. The molecule has 104 valence electrons. The normalized spacial score (nSPS) is 17.6. The number of rotatable bonds is 4. The number of hydrogen-bond donors (Lipinski definition) is 0. The van der Waals surface area contributed by atoms with Gasteiger partial charge in [-0.25, -0.2) is 0 Å². The summed E-state index contributed by atoms with van der Waals surface area (Å²) in [6.45, 7) is 3.83. The molecule has 0 aromatic carbocycles. The van der Waals surface area contributed by atoms with E-state index in [1.165, 1.54) is 5.30 Å². The number of pyridine rings is 1. The second kappa shape index (κ2) is 7.38. The van der Waals surface area contributed by atoms with E-state index in [-0.39, 0.29) is 13.2 Å². The number of carbonyl (C=O) groups is 1. The molecule has 4 atom stereocenters. The van der Waals surface area contributed by atoms with Crippen molar-refractivity contribution in [1.82, 2.24) is 9.88 Å². The zero-order valence-corrected chi connectivity index (χ0v) is 15.3. The van der Waals surface area contributed by atoms with Gasteiger partial charge >= 0.3 is 0 Å². The highest BCUT2D eigenvalue weighted by atomic mass is 32.6. The Morgan fingerprint density at radius 1 is 1.58 bits per heavy atom. The molecule has 0 saturated carbocycles. The lowest BCUT2D eigenvalue weighted by Crippen LogP contribution is -2.34. The fourth-order valence-electron chi connectivity index (χ4n) is 2.37. The lowest BCUT2D eigenvalue weighted by molar-refractivity contribution is 0.0762. The number of aromatic nitrogens is 1. The molecule has 1 aromatic heterocycles. The molecule has 1 amide bonds. The van der Waals surface area contributed by atoms with Gasteiger partial charge in [-0.05, 0) is 32.6 Å². The van der Waals surface area contributed by atoms with Crippen molar-refractivity contribution in [3.8, 4) is 0 Å². The van der Waals surface area contributed by atoms with Gasteiger partial charge in [0.1, 0.15) is 0 Å². The summed E-state index contributed by atoms with van der Waals surface area (Å²) in [6.07, 6.45) is 4.81. The predicted molar refractivity (Wildman–Crippen MR) is 93.0 cm³/mol. The first-order valence-electron chi connectivity index (χ1n) is 6.47. The van der Waals surface area contributed by atoms with Crippen LogP contribution >= 0.6 is 33.1 Å². The second-order valence-electron chi connectivity index (χ2n) is 4.55. The van der Waals surface area contributed by atoms with Crippen LogP contribution in [0.5, 0.6) is 0 Å². The number of hydrogen-bond acceptors (Lipinski definition) is 2. The maximum absolute atomic E-state index is 12.8. The number of aryl methyl sites for hydroxylation is 1. The Balaban J connectivity index is 2.45. The van der Waals surface area contributed by atoms with Crippen molar-refractivity contribution in [2.24, 2.45) is 0 Å². The van der Waals surface area contributed by atoms with Gasteiger partial charge in [-0.15, -0.1) is 17.9 Å². The SMILES string of the molecule is CCCN1CCCc2nccc(P(P)PP)c2C1=O. The van der Waals surface area contributed by atoms with Crippen LogP contribution in [0.15, 0.2) is 12.3 Å². The molecule has 2 heterocycles. The molecule has 19 heavy (non-hydrogen) atoms. The summed E-state index contributed by atoms with van der Waals surface area (Å²) < 4.78 is 0. The summed E-state index contributed by atoms with van der Waals surface area (Å²) in [4.78, 5) is 19.2. The van der Waals surface area contributed by atoms with Crippen molar-refractivity contribution < 1.29 is 4.79 Å². The van der Waals surface area contributed by atoms with Gasteiger partial charge in [-0.3, -0.25) is 9.78 Å². The third-order valence-electron chi connectivity index (χ3n) is 3.24. The highest BCUT2D eigenvalue weighted by Crippen LogP contribution is 2.65. The maximum Gasteiger partial charge on any atom is 0.256 e. The molecule has 2 rings (SSSR count). The molecule has 0 saturated heterocycles. The Morgan fingerprint density at radius 2 is 2.37 bits per heavy atom. The van der Waals surface area contributed by atoms with E-state index in [0.717, 1.165) is 51.6 Å². The van der Waals surface area contributed by atoms with Crippen LogP contribution in [0.25, 0.3) is 0 Å². The van der Waals surface area contributed by atoms with Crippen LogP contribution in [-0.4, -0.2) is 28.9 Å². The van der Waals surface area contributed by atoms with Crippen molar-refractivity contribution in [1.29, 1.82) is 0 Å². The first-order chi connectivity index (χ1) is 9.19. The molecular weight excluding hydrogens is 312 g/mol. The second-order valence-corrected chi connectivity index (χ2v) is 13.7. The number of nitrogens with zero attached hydrogens (tertiary/aromatic N) is 2. The quantitative estimate of drug-likeness (QED) is 0.794. The Hall–Kier alpha value is 0.340. The van der Waals surface area contributed by atoms with Gasteiger partial charge in [0.2, 0.25) is 0 Å². The van der Waals surface area contributed by atoms with E-state index >= 15 is 0 Å². The first kappa shape index (κ1) is 15.7. The van der Waals surface area contributed by atoms with Crippen LogP contribution in [0, 0.1) is 0 Å². The van der Waals surface area contributed by atoms with Gasteiger partial charge in [0, 0.05) is 24.6 Å². The van der Waals surface area contributed by atoms with Gasteiger partial charge < -0.3 is 4.90 Å². The van der Waals surface area contributed by atoms with E-state index in [2.05, 4.69) is 29.8 Å². The molecule has 0 N–H and O–H groups in total. The van der Waals surface area contributed by atoms with E-state index in [1.807, 2.05) is 17.2 Å². The molecule has 4 unspecified atom stereocenters. The average Bonchev–Trinajstić information content (AvgIpc) is 2.59. The Morgan fingerprint density at radius 3 is 3.05 bits per heavy atom. The van der Waals surface area contributed by atoms with Crippen LogP contribution < -0.4 is 5.30 Å². The van der Waals surface area contributed by atoms with Crippen molar-refractivity contribution in [2.75, 3.05) is 13.1 Å². The molecule has 3 nitrogen and oxygen atoms in total. The molecule has 7 heteroatoms. The fourth-order valence-corrected chi connectivity index (χ4v) is 6.07. The zero-order valence-electron chi connectivity index (χ0n) is 11.1. The highest BCUT2D eigenvalue weighted by molar-refractivity contribution is 8.63. The van der Waals surface area contributed by atoms with Crippen molar-refractivity contribution in [2.45, 2.75) is 26.2 Å². The molecule has 0 radical (unpaired) electrons. The monoisotopic (exact) mass is 332 g/mol. The summed E-state index contributed by atoms with van der Waals surface area (Å²) in [7, 11) is 6.14. The van der Waals surface area contributed by atoms with E-state index in [1.54, 1.807) is 0 Å². The van der Waals surface area contributed by atoms with E-state index < -0.39 is 0 Å². The van der Waals surface area contributed by atoms with Crippen molar-refractivity contribution in [3.63, 3.8) is 0 Å². The van der Waals surface area contributed by atoms with Crippen LogP contribution in [0.3, 0.4) is 0 Å². The molecular formula is C12H20N2OP4. The van der Waals surface area contributed by atoms with Crippen molar-refractivity contribution >= 4 is 44.3 Å². The van der Waals surface area contributed by atoms with Crippen LogP contribution in [-0.2, 0) is 6.42 Å². The summed E-state index contributed by atoms with van der Waals surface area (Å²) in [5.41, 5.74) is 1.89. The van der Waals surface area contributed by atoms with Crippen molar-refractivity contribution in [3.05, 3.63) is 23.5 Å². The number of amides is 1. The Bertz CT molecular complexity index is 469. The largest absolute Gasteiger partial charge is 0.339 e. The van der Waals surface area contributed by atoms with Gasteiger partial charge in [0.25, 0.3) is 5.91 Å². The molecule has 1 aliphatic heterocycles. The topological polar surface area (TPSA) is 33.2 Å². The average molecular weight is 332 g/mol. The minimum Gasteiger partial charge on any atom is -0.339 e. The third kappa shape index (κ3) is 3.51. The summed E-state index contributed by atoms with van der Waals surface area (Å²) in [6, 6.07) is 2.03. The molecule has 0 spiro atoms. The minimum absolute atomic E-state index is 0.190. The first-order valence-corrected chi connectivity index (χ1v) is 13.1. The predicted octanol–water partition coefficient (Wildman–Crippen LogP) is 3.16. The maximum atomic E-state index is 12.8. The molecule has 1 aliphatic rings. The van der Waals surface area contributed by atoms with Gasteiger partial charge in [0.15, 0.2) is 0 Å². The zero-order chi connectivity index (χ0) is 13.8. The van der Waals surface area contributed by atoms with Gasteiger partial charge in [-0.2, -0.15) is 0 Å². The fraction of sp³-hybridized carbons (Fsp3) is 0.500.